The van der Waals surface area contributed by atoms with Crippen LogP contribution in [0.15, 0.2) is 55.1 Å². The van der Waals surface area contributed by atoms with Crippen molar-refractivity contribution in [3.63, 3.8) is 0 Å². The molecule has 0 aromatic heterocycles. The van der Waals surface area contributed by atoms with E-state index in [9.17, 15) is 10.5 Å². The molecule has 116 valence electrons. The monoisotopic (exact) mass is 310 g/mol. The zero-order chi connectivity index (χ0) is 16.9. The average molecular weight is 310 g/mol. The van der Waals surface area contributed by atoms with Crippen LogP contribution in [0.25, 0.3) is 10.8 Å². The van der Waals surface area contributed by atoms with Crippen molar-refractivity contribution in [3.8, 4) is 12.1 Å². The Morgan fingerprint density at radius 3 is 2.39 bits per heavy atom. The first-order valence-corrected chi connectivity index (χ1v) is 6.84. The standard InChI is InChI=1S/C18H15FN2O2/c1-3-18(19,17(11-20,12-21)23-13-22-2)16-9-8-14-6-4-5-7-15(14)10-16/h3-10H,1,13H2,2H3/t18-/m1/s1. The summed E-state index contributed by atoms with van der Waals surface area (Å²) in [6.45, 7) is 3.07. The molecule has 0 bridgehead atoms. The number of hydrogen-bond donors (Lipinski definition) is 0. The van der Waals surface area contributed by atoms with Crippen LogP contribution in [0, 0.1) is 22.7 Å². The minimum atomic E-state index is -2.51. The van der Waals surface area contributed by atoms with Gasteiger partial charge in [0, 0.05) is 7.11 Å². The molecule has 0 aliphatic heterocycles. The quantitative estimate of drug-likeness (QED) is 0.604. The summed E-state index contributed by atoms with van der Waals surface area (Å²) in [4.78, 5) is 0. The highest BCUT2D eigenvalue weighted by Crippen LogP contribution is 2.41. The van der Waals surface area contributed by atoms with Crippen LogP contribution in [-0.2, 0) is 15.1 Å². The Labute approximate surface area is 134 Å². The molecule has 2 rings (SSSR count). The van der Waals surface area contributed by atoms with Crippen molar-refractivity contribution in [1.29, 1.82) is 10.5 Å². The van der Waals surface area contributed by atoms with Gasteiger partial charge in [-0.2, -0.15) is 10.5 Å². The molecule has 0 aliphatic rings. The number of alkyl halides is 1. The topological polar surface area (TPSA) is 66.0 Å². The molecule has 0 spiro atoms. The Bertz CT molecular complexity index is 793. The maximum absolute atomic E-state index is 15.7. The second kappa shape index (κ2) is 6.58. The molecule has 0 heterocycles. The summed E-state index contributed by atoms with van der Waals surface area (Å²) >= 11 is 0. The number of benzene rings is 2. The smallest absolute Gasteiger partial charge is 0.285 e. The summed E-state index contributed by atoms with van der Waals surface area (Å²) in [5, 5.41) is 20.5. The van der Waals surface area contributed by atoms with Gasteiger partial charge in [0.2, 0.25) is 5.67 Å². The highest BCUT2D eigenvalue weighted by atomic mass is 19.1. The van der Waals surface area contributed by atoms with Crippen molar-refractivity contribution < 1.29 is 13.9 Å². The van der Waals surface area contributed by atoms with Crippen molar-refractivity contribution in [2.45, 2.75) is 11.3 Å². The van der Waals surface area contributed by atoms with Gasteiger partial charge in [0.15, 0.2) is 0 Å². The van der Waals surface area contributed by atoms with Gasteiger partial charge in [0.05, 0.1) is 0 Å². The second-order valence-corrected chi connectivity index (χ2v) is 4.93. The molecule has 1 atom stereocenters. The van der Waals surface area contributed by atoms with E-state index in [-0.39, 0.29) is 5.56 Å². The van der Waals surface area contributed by atoms with Crippen LogP contribution >= 0.6 is 0 Å². The summed E-state index contributed by atoms with van der Waals surface area (Å²) in [6, 6.07) is 15.5. The molecule has 5 heteroatoms. The number of nitrogens with zero attached hydrogens (tertiary/aromatic N) is 2. The molecule has 0 amide bonds. The van der Waals surface area contributed by atoms with Crippen molar-refractivity contribution in [1.82, 2.24) is 0 Å². The predicted molar refractivity (Wildman–Crippen MR) is 83.8 cm³/mol. The van der Waals surface area contributed by atoms with Crippen molar-refractivity contribution >= 4 is 10.8 Å². The largest absolute Gasteiger partial charge is 0.359 e. The Morgan fingerprint density at radius 1 is 1.17 bits per heavy atom. The second-order valence-electron chi connectivity index (χ2n) is 4.93. The number of fused-ring (bicyclic) bond motifs is 1. The van der Waals surface area contributed by atoms with Crippen LogP contribution in [-0.4, -0.2) is 19.5 Å². The summed E-state index contributed by atoms with van der Waals surface area (Å²) in [5.41, 5.74) is -4.79. The lowest BCUT2D eigenvalue weighted by Gasteiger charge is -2.33. The van der Waals surface area contributed by atoms with Crippen molar-refractivity contribution in [3.05, 3.63) is 60.7 Å². The maximum atomic E-state index is 15.7. The minimum Gasteiger partial charge on any atom is -0.359 e. The molecule has 4 nitrogen and oxygen atoms in total. The summed E-state index contributed by atoms with van der Waals surface area (Å²) in [7, 11) is 1.32. The third kappa shape index (κ3) is 2.68. The lowest BCUT2D eigenvalue weighted by molar-refractivity contribution is -0.128. The number of hydrogen-bond acceptors (Lipinski definition) is 4. The molecule has 0 saturated heterocycles. The Balaban J connectivity index is 2.63. The van der Waals surface area contributed by atoms with Crippen LogP contribution in [0.1, 0.15) is 5.56 Å². The van der Waals surface area contributed by atoms with Gasteiger partial charge >= 0.3 is 0 Å². The fraction of sp³-hybridized carbons (Fsp3) is 0.222. The fourth-order valence-corrected chi connectivity index (χ4v) is 2.39. The molecule has 2 aromatic carbocycles. The molecule has 23 heavy (non-hydrogen) atoms. The summed E-state index contributed by atoms with van der Waals surface area (Å²) < 4.78 is 25.5. The van der Waals surface area contributed by atoms with Crippen molar-refractivity contribution in [2.75, 3.05) is 13.9 Å². The van der Waals surface area contributed by atoms with Crippen LogP contribution in [0.5, 0.6) is 0 Å². The zero-order valence-electron chi connectivity index (χ0n) is 12.6. The van der Waals surface area contributed by atoms with Gasteiger partial charge in [0.25, 0.3) is 5.60 Å². The van der Waals surface area contributed by atoms with E-state index in [1.165, 1.54) is 13.2 Å². The van der Waals surface area contributed by atoms with E-state index in [0.29, 0.717) is 0 Å². The fourth-order valence-electron chi connectivity index (χ4n) is 2.39. The lowest BCUT2D eigenvalue weighted by Crippen LogP contribution is -2.48. The molecular formula is C18H15FN2O2. The van der Waals surface area contributed by atoms with E-state index in [4.69, 9.17) is 9.47 Å². The molecule has 0 saturated carbocycles. The number of ether oxygens (including phenoxy) is 2. The molecule has 0 unspecified atom stereocenters. The Kier molecular flexibility index (Phi) is 4.76. The number of nitriles is 2. The van der Waals surface area contributed by atoms with Crippen molar-refractivity contribution in [2.24, 2.45) is 0 Å². The molecule has 0 N–H and O–H groups in total. The van der Waals surface area contributed by atoms with E-state index < -0.39 is 18.1 Å². The van der Waals surface area contributed by atoms with Gasteiger partial charge in [-0.15, -0.1) is 0 Å². The van der Waals surface area contributed by atoms with Gasteiger partial charge in [-0.1, -0.05) is 43.0 Å². The summed E-state index contributed by atoms with van der Waals surface area (Å²) in [6.07, 6.45) is 0.916. The third-order valence-electron chi connectivity index (χ3n) is 3.67. The number of halogens is 1. The van der Waals surface area contributed by atoms with E-state index in [0.717, 1.165) is 16.8 Å². The first kappa shape index (κ1) is 16.6. The normalized spacial score (nSPS) is 13.7. The molecule has 0 fully saturated rings. The first-order chi connectivity index (χ1) is 11.1. The zero-order valence-corrected chi connectivity index (χ0v) is 12.6. The number of rotatable bonds is 6. The lowest BCUT2D eigenvalue weighted by atomic mass is 9.80. The Morgan fingerprint density at radius 2 is 1.83 bits per heavy atom. The Hall–Kier alpha value is -2.73. The SMILES string of the molecule is C=C[C@@](F)(c1ccc2ccccc2c1)C(C#N)(C#N)OCOC. The van der Waals surface area contributed by atoms with Crippen LogP contribution < -0.4 is 0 Å². The molecular weight excluding hydrogens is 295 g/mol. The molecule has 0 radical (unpaired) electrons. The van der Waals surface area contributed by atoms with Gasteiger partial charge < -0.3 is 9.47 Å². The van der Waals surface area contributed by atoms with Gasteiger partial charge in [-0.25, -0.2) is 4.39 Å². The maximum Gasteiger partial charge on any atom is 0.285 e. The average Bonchev–Trinajstić information content (AvgIpc) is 2.62. The van der Waals surface area contributed by atoms with Gasteiger partial charge in [-0.05, 0) is 28.5 Å². The highest BCUT2D eigenvalue weighted by Gasteiger charge is 2.55. The first-order valence-electron chi connectivity index (χ1n) is 6.84. The minimum absolute atomic E-state index is 0.116. The highest BCUT2D eigenvalue weighted by molar-refractivity contribution is 5.83. The molecule has 0 aliphatic carbocycles. The van der Waals surface area contributed by atoms with E-state index in [2.05, 4.69) is 6.58 Å². The predicted octanol–water partition coefficient (Wildman–Crippen LogP) is 3.60. The molecule has 2 aromatic rings. The van der Waals surface area contributed by atoms with Crippen LogP contribution in [0.2, 0.25) is 0 Å². The third-order valence-corrected chi connectivity index (χ3v) is 3.67. The van der Waals surface area contributed by atoms with E-state index in [1.54, 1.807) is 24.3 Å². The van der Waals surface area contributed by atoms with Crippen LogP contribution in [0.3, 0.4) is 0 Å². The van der Waals surface area contributed by atoms with Crippen LogP contribution in [0.4, 0.5) is 4.39 Å². The van der Waals surface area contributed by atoms with Gasteiger partial charge in [0.1, 0.15) is 18.9 Å². The van der Waals surface area contributed by atoms with Gasteiger partial charge in [-0.3, -0.25) is 0 Å². The van der Waals surface area contributed by atoms with E-state index in [1.807, 2.05) is 24.3 Å². The summed E-state index contributed by atoms with van der Waals surface area (Å²) in [5.74, 6) is 0. The van der Waals surface area contributed by atoms with E-state index >= 15 is 4.39 Å². The number of methoxy groups -OCH3 is 1.